The van der Waals surface area contributed by atoms with E-state index in [9.17, 15) is 14.4 Å². The largest absolute Gasteiger partial charge is 0.492 e. The van der Waals surface area contributed by atoms with Crippen LogP contribution in [-0.4, -0.2) is 85.4 Å². The van der Waals surface area contributed by atoms with E-state index in [1.807, 2.05) is 19.0 Å². The molecular formula is C18H25Cl2N3O6. The quantitative estimate of drug-likeness (QED) is 0.390. The van der Waals surface area contributed by atoms with Crippen molar-refractivity contribution in [2.24, 2.45) is 0 Å². The summed E-state index contributed by atoms with van der Waals surface area (Å²) in [4.78, 5) is 34.5. The Morgan fingerprint density at radius 2 is 1.52 bits per heavy atom. The van der Waals surface area contributed by atoms with Crippen LogP contribution in [0.25, 0.3) is 0 Å². The summed E-state index contributed by atoms with van der Waals surface area (Å²) < 4.78 is 5.49. The van der Waals surface area contributed by atoms with Crippen LogP contribution in [0.15, 0.2) is 30.4 Å². The van der Waals surface area contributed by atoms with Crippen molar-refractivity contribution in [3.05, 3.63) is 40.4 Å². The van der Waals surface area contributed by atoms with Gasteiger partial charge >= 0.3 is 18.0 Å². The SMILES string of the molecule is CN(C)CCN(C)C(=O)NCCOc1cc(Cl)cc(Cl)c1.O=C(O)/C=C\C(=O)O. The van der Waals surface area contributed by atoms with Crippen molar-refractivity contribution in [3.63, 3.8) is 0 Å². The van der Waals surface area contributed by atoms with E-state index in [-0.39, 0.29) is 6.03 Å². The highest BCUT2D eigenvalue weighted by Gasteiger charge is 2.07. The van der Waals surface area contributed by atoms with Gasteiger partial charge < -0.3 is 30.1 Å². The number of carbonyl (C=O) groups excluding carboxylic acids is 1. The number of aliphatic carboxylic acids is 2. The van der Waals surface area contributed by atoms with Crippen molar-refractivity contribution in [2.75, 3.05) is 47.4 Å². The van der Waals surface area contributed by atoms with E-state index < -0.39 is 11.9 Å². The molecule has 1 aromatic carbocycles. The topological polar surface area (TPSA) is 119 Å². The first-order valence-corrected chi connectivity index (χ1v) is 9.13. The van der Waals surface area contributed by atoms with Crippen molar-refractivity contribution in [2.45, 2.75) is 0 Å². The van der Waals surface area contributed by atoms with E-state index in [2.05, 4.69) is 5.32 Å². The summed E-state index contributed by atoms with van der Waals surface area (Å²) in [7, 11) is 5.70. The van der Waals surface area contributed by atoms with E-state index in [1.54, 1.807) is 30.1 Å². The second-order valence-electron chi connectivity index (χ2n) is 5.92. The molecule has 0 radical (unpaired) electrons. The number of urea groups is 1. The Hall–Kier alpha value is -2.49. The first kappa shape index (κ1) is 26.5. The monoisotopic (exact) mass is 449 g/mol. The van der Waals surface area contributed by atoms with Crippen LogP contribution in [-0.2, 0) is 9.59 Å². The summed E-state index contributed by atoms with van der Waals surface area (Å²) >= 11 is 11.7. The van der Waals surface area contributed by atoms with Crippen LogP contribution in [0.1, 0.15) is 0 Å². The van der Waals surface area contributed by atoms with E-state index in [1.165, 1.54) is 0 Å². The Balaban J connectivity index is 0.000000828. The molecule has 0 aliphatic heterocycles. The van der Waals surface area contributed by atoms with Gasteiger partial charge in [0, 0.05) is 42.3 Å². The summed E-state index contributed by atoms with van der Waals surface area (Å²) in [6, 6.07) is 4.87. The number of ether oxygens (including phenoxy) is 1. The third-order valence-electron chi connectivity index (χ3n) is 3.08. The van der Waals surface area contributed by atoms with Crippen molar-refractivity contribution in [3.8, 4) is 5.75 Å². The molecule has 0 saturated carbocycles. The lowest BCUT2D eigenvalue weighted by molar-refractivity contribution is -0.134. The molecule has 9 nitrogen and oxygen atoms in total. The molecule has 29 heavy (non-hydrogen) atoms. The minimum absolute atomic E-state index is 0.121. The number of likely N-dealkylation sites (N-methyl/N-ethyl adjacent to an activating group) is 2. The Bertz CT molecular complexity index is 677. The van der Waals surface area contributed by atoms with Crippen LogP contribution >= 0.6 is 23.2 Å². The second-order valence-corrected chi connectivity index (χ2v) is 6.79. The van der Waals surface area contributed by atoms with Gasteiger partial charge in [-0.05, 0) is 32.3 Å². The maximum absolute atomic E-state index is 11.8. The van der Waals surface area contributed by atoms with Gasteiger partial charge in [-0.1, -0.05) is 23.2 Å². The molecular weight excluding hydrogens is 425 g/mol. The van der Waals surface area contributed by atoms with Crippen molar-refractivity contribution >= 4 is 41.2 Å². The molecule has 0 fully saturated rings. The lowest BCUT2D eigenvalue weighted by Crippen LogP contribution is -2.41. The Labute approximate surface area is 179 Å². The van der Waals surface area contributed by atoms with Crippen LogP contribution in [0.5, 0.6) is 5.75 Å². The summed E-state index contributed by atoms with van der Waals surface area (Å²) in [6.45, 7) is 2.25. The molecule has 0 aliphatic carbocycles. The highest BCUT2D eigenvalue weighted by molar-refractivity contribution is 6.34. The summed E-state index contributed by atoms with van der Waals surface area (Å²) in [5.41, 5.74) is 0. The zero-order chi connectivity index (χ0) is 22.4. The van der Waals surface area contributed by atoms with Gasteiger partial charge in [0.05, 0.1) is 6.54 Å². The number of nitrogens with one attached hydrogen (secondary N) is 1. The molecule has 1 aromatic rings. The van der Waals surface area contributed by atoms with Gasteiger partial charge in [-0.3, -0.25) is 0 Å². The van der Waals surface area contributed by atoms with Crippen LogP contribution < -0.4 is 10.1 Å². The predicted octanol–water partition coefficient (Wildman–Crippen LogP) is 2.29. The molecule has 0 atom stereocenters. The van der Waals surface area contributed by atoms with E-state index >= 15 is 0 Å². The van der Waals surface area contributed by atoms with E-state index in [0.717, 1.165) is 6.54 Å². The lowest BCUT2D eigenvalue weighted by Gasteiger charge is -2.20. The Kier molecular flexibility index (Phi) is 13.3. The molecule has 11 heteroatoms. The van der Waals surface area contributed by atoms with Gasteiger partial charge in [-0.2, -0.15) is 0 Å². The number of benzene rings is 1. The lowest BCUT2D eigenvalue weighted by atomic mass is 10.3. The molecule has 0 unspecified atom stereocenters. The zero-order valence-corrected chi connectivity index (χ0v) is 17.9. The number of carboxylic acids is 2. The van der Waals surface area contributed by atoms with Gasteiger partial charge in [0.25, 0.3) is 0 Å². The maximum atomic E-state index is 11.8. The highest BCUT2D eigenvalue weighted by atomic mass is 35.5. The fraction of sp³-hybridized carbons (Fsp3) is 0.389. The van der Waals surface area contributed by atoms with Crippen LogP contribution in [0, 0.1) is 0 Å². The Morgan fingerprint density at radius 1 is 1.00 bits per heavy atom. The summed E-state index contributed by atoms with van der Waals surface area (Å²) in [5.74, 6) is -1.93. The summed E-state index contributed by atoms with van der Waals surface area (Å²) in [6.07, 6.45) is 1.12. The molecule has 0 aliphatic rings. The fourth-order valence-electron chi connectivity index (χ4n) is 1.67. The van der Waals surface area contributed by atoms with Gasteiger partial charge in [0.15, 0.2) is 0 Å². The van der Waals surface area contributed by atoms with Gasteiger partial charge in [-0.25, -0.2) is 14.4 Å². The number of rotatable bonds is 9. The minimum Gasteiger partial charge on any atom is -0.492 e. The molecule has 0 saturated heterocycles. The van der Waals surface area contributed by atoms with E-state index in [0.29, 0.717) is 47.6 Å². The average Bonchev–Trinajstić information content (AvgIpc) is 2.61. The molecule has 162 valence electrons. The minimum atomic E-state index is -1.26. The zero-order valence-electron chi connectivity index (χ0n) is 16.4. The number of carboxylic acid groups (broad SMARTS) is 2. The van der Waals surface area contributed by atoms with Crippen molar-refractivity contribution < 1.29 is 29.3 Å². The number of hydrogen-bond acceptors (Lipinski definition) is 5. The number of nitrogens with zero attached hydrogens (tertiary/aromatic N) is 2. The van der Waals surface area contributed by atoms with Gasteiger partial charge in [-0.15, -0.1) is 0 Å². The smallest absolute Gasteiger partial charge is 0.328 e. The standard InChI is InChI=1S/C14H21Cl2N3O2.C4H4O4/c1-18(2)5-6-19(3)14(20)17-4-7-21-13-9-11(15)8-12(16)10-13;5-3(6)1-2-4(7)8/h8-10H,4-7H2,1-3H3,(H,17,20);1-2H,(H,5,6)(H,7,8)/b;2-1-. The van der Waals surface area contributed by atoms with Crippen LogP contribution in [0.2, 0.25) is 10.0 Å². The molecule has 0 bridgehead atoms. The van der Waals surface area contributed by atoms with Crippen molar-refractivity contribution in [1.29, 1.82) is 0 Å². The predicted molar refractivity (Wildman–Crippen MR) is 111 cm³/mol. The molecule has 2 amide bonds. The highest BCUT2D eigenvalue weighted by Crippen LogP contribution is 2.23. The molecule has 0 heterocycles. The number of carbonyl (C=O) groups is 3. The first-order chi connectivity index (χ1) is 13.5. The third-order valence-corrected chi connectivity index (χ3v) is 3.52. The normalized spacial score (nSPS) is 10.3. The average molecular weight is 450 g/mol. The third kappa shape index (κ3) is 15.1. The maximum Gasteiger partial charge on any atom is 0.328 e. The molecule has 3 N–H and O–H groups in total. The fourth-order valence-corrected chi connectivity index (χ4v) is 2.17. The first-order valence-electron chi connectivity index (χ1n) is 8.37. The molecule has 0 aromatic heterocycles. The molecule has 1 rings (SSSR count). The second kappa shape index (κ2) is 14.5. The summed E-state index contributed by atoms with van der Waals surface area (Å²) in [5, 5.41) is 19.4. The van der Waals surface area contributed by atoms with Crippen LogP contribution in [0.4, 0.5) is 4.79 Å². The Morgan fingerprint density at radius 3 is 1.97 bits per heavy atom. The van der Waals surface area contributed by atoms with Crippen LogP contribution in [0.3, 0.4) is 0 Å². The number of hydrogen-bond donors (Lipinski definition) is 3. The molecule has 0 spiro atoms. The van der Waals surface area contributed by atoms with E-state index in [4.69, 9.17) is 38.2 Å². The number of amides is 2. The van der Waals surface area contributed by atoms with Gasteiger partial charge in [0.2, 0.25) is 0 Å². The van der Waals surface area contributed by atoms with Crippen molar-refractivity contribution in [1.82, 2.24) is 15.1 Å². The van der Waals surface area contributed by atoms with Gasteiger partial charge in [0.1, 0.15) is 12.4 Å². The number of halogens is 2.